The highest BCUT2D eigenvalue weighted by atomic mass is 35.5. The zero-order valence-corrected chi connectivity index (χ0v) is 10.2. The molecule has 0 aliphatic heterocycles. The number of pyridine rings is 1. The Balaban J connectivity index is 2.39. The quantitative estimate of drug-likeness (QED) is 0.635. The number of H-pyrrole nitrogens is 1. The van der Waals surface area contributed by atoms with Gasteiger partial charge in [-0.15, -0.1) is 0 Å². The van der Waals surface area contributed by atoms with Crippen molar-refractivity contribution in [1.82, 2.24) is 15.0 Å². The second-order valence-electron chi connectivity index (χ2n) is 3.55. The van der Waals surface area contributed by atoms with E-state index in [4.69, 9.17) is 23.1 Å². The van der Waals surface area contributed by atoms with Crippen molar-refractivity contribution in [2.75, 3.05) is 11.1 Å². The van der Waals surface area contributed by atoms with Crippen molar-refractivity contribution in [3.8, 4) is 0 Å². The van der Waals surface area contributed by atoms with Crippen molar-refractivity contribution in [2.45, 2.75) is 0 Å². The summed E-state index contributed by atoms with van der Waals surface area (Å²) in [5, 5.41) is 2.73. The lowest BCUT2D eigenvalue weighted by Crippen LogP contribution is -2.21. The number of aromatic amines is 1. The van der Waals surface area contributed by atoms with Crippen molar-refractivity contribution >= 4 is 34.8 Å². The molecular formula is C10H9ClN6O2. The first kappa shape index (κ1) is 12.8. The highest BCUT2D eigenvalue weighted by Crippen LogP contribution is 2.18. The number of rotatable bonds is 3. The molecule has 19 heavy (non-hydrogen) atoms. The lowest BCUT2D eigenvalue weighted by molar-refractivity contribution is 0.0995. The average molecular weight is 281 g/mol. The number of carbonyl (C=O) groups excluding carboxylic acids is 1. The van der Waals surface area contributed by atoms with Crippen LogP contribution in [-0.2, 0) is 0 Å². The maximum atomic E-state index is 11.7. The molecule has 0 saturated heterocycles. The molecule has 6 N–H and O–H groups in total. The van der Waals surface area contributed by atoms with E-state index in [1.807, 2.05) is 0 Å². The summed E-state index contributed by atoms with van der Waals surface area (Å²) in [7, 11) is 0. The Morgan fingerprint density at radius 2 is 2.11 bits per heavy atom. The summed E-state index contributed by atoms with van der Waals surface area (Å²) in [6, 6.07) is 2.72. The highest BCUT2D eigenvalue weighted by Gasteiger charge is 2.11. The number of carbonyl (C=O) groups is 1. The van der Waals surface area contributed by atoms with Crippen LogP contribution in [0.5, 0.6) is 0 Å². The number of nitrogens with one attached hydrogen (secondary N) is 2. The normalized spacial score (nSPS) is 10.2. The van der Waals surface area contributed by atoms with Gasteiger partial charge in [0.2, 0.25) is 0 Å². The summed E-state index contributed by atoms with van der Waals surface area (Å²) in [6.07, 6.45) is 1.24. The predicted octanol–water partition coefficient (Wildman–Crippen LogP) is 0.243. The Morgan fingerprint density at radius 1 is 1.37 bits per heavy atom. The van der Waals surface area contributed by atoms with Gasteiger partial charge < -0.3 is 21.8 Å². The molecule has 98 valence electrons. The summed E-state index contributed by atoms with van der Waals surface area (Å²) in [6.45, 7) is 0. The molecule has 9 heteroatoms. The Labute approximate surface area is 111 Å². The number of nitrogen functional groups attached to an aromatic ring is 1. The number of halogens is 1. The molecule has 2 aromatic heterocycles. The molecule has 0 bridgehead atoms. The second kappa shape index (κ2) is 4.94. The number of primary amides is 1. The van der Waals surface area contributed by atoms with Crippen LogP contribution < -0.4 is 22.3 Å². The topological polar surface area (TPSA) is 140 Å². The summed E-state index contributed by atoms with van der Waals surface area (Å²) < 4.78 is 0. The molecule has 0 aliphatic carbocycles. The fourth-order valence-electron chi connectivity index (χ4n) is 1.36. The van der Waals surface area contributed by atoms with Gasteiger partial charge in [-0.3, -0.25) is 9.59 Å². The third-order valence-electron chi connectivity index (χ3n) is 2.19. The maximum Gasteiger partial charge on any atom is 0.272 e. The van der Waals surface area contributed by atoms with Crippen LogP contribution in [0.3, 0.4) is 0 Å². The zero-order valence-electron chi connectivity index (χ0n) is 9.48. The van der Waals surface area contributed by atoms with Gasteiger partial charge in [0.25, 0.3) is 11.5 Å². The Bertz CT molecular complexity index is 699. The van der Waals surface area contributed by atoms with Crippen LogP contribution in [0.1, 0.15) is 10.5 Å². The van der Waals surface area contributed by atoms with E-state index in [0.29, 0.717) is 5.82 Å². The van der Waals surface area contributed by atoms with Crippen molar-refractivity contribution < 1.29 is 4.79 Å². The van der Waals surface area contributed by atoms with E-state index in [0.717, 1.165) is 0 Å². The molecule has 0 atom stereocenters. The minimum atomic E-state index is -0.820. The van der Waals surface area contributed by atoms with Gasteiger partial charge in [0.05, 0.1) is 5.02 Å². The van der Waals surface area contributed by atoms with E-state index in [9.17, 15) is 9.59 Å². The molecule has 0 unspecified atom stereocenters. The van der Waals surface area contributed by atoms with Gasteiger partial charge in [-0.05, 0) is 6.07 Å². The predicted molar refractivity (Wildman–Crippen MR) is 70.3 cm³/mol. The largest absolute Gasteiger partial charge is 0.384 e. The van der Waals surface area contributed by atoms with E-state index < -0.39 is 11.5 Å². The monoisotopic (exact) mass is 280 g/mol. The number of aromatic nitrogens is 3. The van der Waals surface area contributed by atoms with Gasteiger partial charge in [0.1, 0.15) is 29.3 Å². The second-order valence-corrected chi connectivity index (χ2v) is 3.96. The van der Waals surface area contributed by atoms with E-state index in [1.165, 1.54) is 18.5 Å². The minimum Gasteiger partial charge on any atom is -0.384 e. The summed E-state index contributed by atoms with van der Waals surface area (Å²) in [4.78, 5) is 32.6. The van der Waals surface area contributed by atoms with Crippen LogP contribution in [0.25, 0.3) is 0 Å². The first-order valence-corrected chi connectivity index (χ1v) is 5.42. The number of nitrogens with zero attached hydrogens (tertiary/aromatic N) is 2. The van der Waals surface area contributed by atoms with Gasteiger partial charge in [-0.1, -0.05) is 11.6 Å². The highest BCUT2D eigenvalue weighted by molar-refractivity contribution is 6.33. The Hall–Kier alpha value is -2.61. The van der Waals surface area contributed by atoms with Gasteiger partial charge in [-0.25, -0.2) is 9.97 Å². The van der Waals surface area contributed by atoms with Crippen LogP contribution in [0.2, 0.25) is 5.02 Å². The van der Waals surface area contributed by atoms with Crippen molar-refractivity contribution in [3.05, 3.63) is 39.5 Å². The van der Waals surface area contributed by atoms with Crippen LogP contribution in [-0.4, -0.2) is 20.9 Å². The lowest BCUT2D eigenvalue weighted by Gasteiger charge is -2.06. The molecule has 2 aromatic rings. The third-order valence-corrected chi connectivity index (χ3v) is 2.49. The van der Waals surface area contributed by atoms with Crippen LogP contribution >= 0.6 is 11.6 Å². The van der Waals surface area contributed by atoms with Crippen LogP contribution in [0.15, 0.2) is 23.3 Å². The number of hydrogen-bond donors (Lipinski definition) is 4. The van der Waals surface area contributed by atoms with Crippen molar-refractivity contribution in [3.63, 3.8) is 0 Å². The van der Waals surface area contributed by atoms with Crippen molar-refractivity contribution in [1.29, 1.82) is 0 Å². The fraction of sp³-hybridized carbons (Fsp3) is 0. The minimum absolute atomic E-state index is 0.0247. The van der Waals surface area contributed by atoms with Gasteiger partial charge >= 0.3 is 0 Å². The molecular weight excluding hydrogens is 272 g/mol. The molecule has 1 amide bonds. The molecule has 0 aliphatic rings. The summed E-state index contributed by atoms with van der Waals surface area (Å²) in [5.41, 5.74) is 9.93. The van der Waals surface area contributed by atoms with E-state index in [2.05, 4.69) is 20.3 Å². The van der Waals surface area contributed by atoms with E-state index in [-0.39, 0.29) is 22.2 Å². The fourth-order valence-corrected chi connectivity index (χ4v) is 1.61. The molecule has 0 spiro atoms. The smallest absolute Gasteiger partial charge is 0.272 e. The van der Waals surface area contributed by atoms with Crippen molar-refractivity contribution in [2.24, 2.45) is 5.73 Å². The van der Waals surface area contributed by atoms with Crippen LogP contribution in [0.4, 0.5) is 17.3 Å². The number of anilines is 3. The molecule has 0 radical (unpaired) electrons. The summed E-state index contributed by atoms with van der Waals surface area (Å²) >= 11 is 5.83. The summed E-state index contributed by atoms with van der Waals surface area (Å²) in [5.74, 6) is -0.255. The van der Waals surface area contributed by atoms with Gasteiger partial charge in [0, 0.05) is 6.07 Å². The average Bonchev–Trinajstić information content (AvgIpc) is 2.33. The number of hydrogen-bond acceptors (Lipinski definition) is 6. The molecule has 2 heterocycles. The molecule has 0 saturated carbocycles. The van der Waals surface area contributed by atoms with Crippen LogP contribution in [0, 0.1) is 0 Å². The standard InChI is InChI=1S/C10H9ClN6O2/c11-4-1-5(10(19)17-8(4)9(13)18)16-7-2-6(12)14-3-15-7/h1-3H,(H2,13,18)(H,17,19)(H3,12,14,15,16). The zero-order chi connectivity index (χ0) is 14.0. The lowest BCUT2D eigenvalue weighted by atomic mass is 10.3. The van der Waals surface area contributed by atoms with Gasteiger partial charge in [-0.2, -0.15) is 0 Å². The van der Waals surface area contributed by atoms with Gasteiger partial charge in [0.15, 0.2) is 0 Å². The number of amides is 1. The Kier molecular flexibility index (Phi) is 3.34. The maximum absolute atomic E-state index is 11.7. The first-order chi connectivity index (χ1) is 8.97. The first-order valence-electron chi connectivity index (χ1n) is 5.04. The third kappa shape index (κ3) is 2.80. The molecule has 0 fully saturated rings. The molecule has 0 aromatic carbocycles. The van der Waals surface area contributed by atoms with E-state index in [1.54, 1.807) is 0 Å². The van der Waals surface area contributed by atoms with E-state index >= 15 is 0 Å². The Morgan fingerprint density at radius 3 is 2.74 bits per heavy atom. The molecule has 2 rings (SSSR count). The number of nitrogens with two attached hydrogens (primary N) is 2. The SMILES string of the molecule is NC(=O)c1[nH]c(=O)c(Nc2cc(N)ncn2)cc1Cl. The molecule has 8 nitrogen and oxygen atoms in total.